The number of ether oxygens (including phenoxy) is 1. The van der Waals surface area contributed by atoms with Crippen molar-refractivity contribution < 1.29 is 9.13 Å². The van der Waals surface area contributed by atoms with Gasteiger partial charge in [-0.1, -0.05) is 15.9 Å². The quantitative estimate of drug-likeness (QED) is 0.879. The van der Waals surface area contributed by atoms with Gasteiger partial charge >= 0.3 is 0 Å². The second-order valence-electron chi connectivity index (χ2n) is 4.17. The standard InChI is InChI=1S/C14H15BrFNOS/c1-17-13(14-7-11(18-2)8-19-14)6-9-5-10(16)3-4-12(9)15/h3-5,7-8,13,17H,6H2,1-2H3. The summed E-state index contributed by atoms with van der Waals surface area (Å²) < 4.78 is 19.4. The lowest BCUT2D eigenvalue weighted by Gasteiger charge is -2.15. The van der Waals surface area contributed by atoms with Gasteiger partial charge in [0.25, 0.3) is 0 Å². The first kappa shape index (κ1) is 14.5. The lowest BCUT2D eigenvalue weighted by atomic mass is 10.0. The van der Waals surface area contributed by atoms with Crippen LogP contribution < -0.4 is 10.1 Å². The van der Waals surface area contributed by atoms with Crippen molar-refractivity contribution in [3.05, 3.63) is 50.4 Å². The van der Waals surface area contributed by atoms with Crippen LogP contribution in [-0.2, 0) is 6.42 Å². The van der Waals surface area contributed by atoms with Crippen LogP contribution in [0.15, 0.2) is 34.1 Å². The number of rotatable bonds is 5. The Morgan fingerprint density at radius 3 is 2.84 bits per heavy atom. The maximum absolute atomic E-state index is 13.3. The van der Waals surface area contributed by atoms with Crippen molar-refractivity contribution in [1.82, 2.24) is 5.32 Å². The highest BCUT2D eigenvalue weighted by atomic mass is 79.9. The molecule has 0 fully saturated rings. The van der Waals surface area contributed by atoms with Crippen LogP contribution in [0.3, 0.4) is 0 Å². The highest BCUT2D eigenvalue weighted by Gasteiger charge is 2.15. The third-order valence-corrected chi connectivity index (χ3v) is 4.75. The summed E-state index contributed by atoms with van der Waals surface area (Å²) in [6.07, 6.45) is 0.721. The van der Waals surface area contributed by atoms with Crippen molar-refractivity contribution in [2.24, 2.45) is 0 Å². The van der Waals surface area contributed by atoms with E-state index in [0.29, 0.717) is 0 Å². The number of halogens is 2. The smallest absolute Gasteiger partial charge is 0.129 e. The normalized spacial score (nSPS) is 12.4. The summed E-state index contributed by atoms with van der Waals surface area (Å²) >= 11 is 5.10. The summed E-state index contributed by atoms with van der Waals surface area (Å²) in [5.41, 5.74) is 0.951. The monoisotopic (exact) mass is 343 g/mol. The Morgan fingerprint density at radius 2 is 2.21 bits per heavy atom. The molecule has 1 unspecified atom stereocenters. The van der Waals surface area contributed by atoms with E-state index in [4.69, 9.17) is 4.74 Å². The Balaban J connectivity index is 2.21. The van der Waals surface area contributed by atoms with Crippen molar-refractivity contribution >= 4 is 27.3 Å². The molecule has 0 amide bonds. The van der Waals surface area contributed by atoms with Gasteiger partial charge in [0.2, 0.25) is 0 Å². The molecular weight excluding hydrogens is 329 g/mol. The molecule has 0 aliphatic rings. The Labute approximate surface area is 124 Å². The van der Waals surface area contributed by atoms with Crippen LogP contribution in [0.5, 0.6) is 5.75 Å². The van der Waals surface area contributed by atoms with Crippen molar-refractivity contribution in [3.63, 3.8) is 0 Å². The van der Waals surface area contributed by atoms with Crippen LogP contribution >= 0.6 is 27.3 Å². The van der Waals surface area contributed by atoms with Crippen LogP contribution in [0.2, 0.25) is 0 Å². The minimum absolute atomic E-state index is 0.145. The molecule has 0 aliphatic carbocycles. The number of methoxy groups -OCH3 is 1. The molecule has 0 saturated heterocycles. The van der Waals surface area contributed by atoms with E-state index in [2.05, 4.69) is 21.2 Å². The lowest BCUT2D eigenvalue weighted by Crippen LogP contribution is -2.18. The van der Waals surface area contributed by atoms with Gasteiger partial charge in [0, 0.05) is 20.8 Å². The predicted molar refractivity (Wildman–Crippen MR) is 80.5 cm³/mol. The highest BCUT2D eigenvalue weighted by Crippen LogP contribution is 2.30. The van der Waals surface area contributed by atoms with Crippen molar-refractivity contribution in [2.75, 3.05) is 14.2 Å². The molecule has 0 spiro atoms. The Bertz CT molecular complexity index is 558. The number of nitrogens with one attached hydrogen (secondary N) is 1. The number of thiophene rings is 1. The SMILES string of the molecule is CNC(Cc1cc(F)ccc1Br)c1cc(OC)cs1. The molecule has 0 bridgehead atoms. The van der Waals surface area contributed by atoms with E-state index >= 15 is 0 Å². The molecule has 2 nitrogen and oxygen atoms in total. The fourth-order valence-corrected chi connectivity index (χ4v) is 3.26. The van der Waals surface area contributed by atoms with Crippen LogP contribution in [-0.4, -0.2) is 14.2 Å². The van der Waals surface area contributed by atoms with Gasteiger partial charge in [-0.25, -0.2) is 4.39 Å². The molecule has 1 N–H and O–H groups in total. The summed E-state index contributed by atoms with van der Waals surface area (Å²) in [5, 5.41) is 5.24. The molecule has 1 heterocycles. The third-order valence-electron chi connectivity index (χ3n) is 2.96. The van der Waals surface area contributed by atoms with Crippen molar-refractivity contribution in [3.8, 4) is 5.75 Å². The molecule has 0 radical (unpaired) electrons. The molecule has 1 aromatic heterocycles. The summed E-state index contributed by atoms with van der Waals surface area (Å²) in [4.78, 5) is 1.18. The minimum Gasteiger partial charge on any atom is -0.496 e. The molecule has 0 saturated carbocycles. The van der Waals surface area contributed by atoms with E-state index in [9.17, 15) is 4.39 Å². The first-order valence-electron chi connectivity index (χ1n) is 5.87. The summed E-state index contributed by atoms with van der Waals surface area (Å²) in [5.74, 6) is 0.648. The first-order chi connectivity index (χ1) is 9.13. The fourth-order valence-electron chi connectivity index (χ4n) is 1.89. The van der Waals surface area contributed by atoms with Crippen molar-refractivity contribution in [2.45, 2.75) is 12.5 Å². The maximum atomic E-state index is 13.3. The third kappa shape index (κ3) is 3.55. The van der Waals surface area contributed by atoms with Gasteiger partial charge in [0.1, 0.15) is 11.6 Å². The first-order valence-corrected chi connectivity index (χ1v) is 7.55. The Hall–Kier alpha value is -0.910. The predicted octanol–water partition coefficient (Wildman–Crippen LogP) is 4.16. The zero-order chi connectivity index (χ0) is 13.8. The Morgan fingerprint density at radius 1 is 1.42 bits per heavy atom. The van der Waals surface area contributed by atoms with Gasteiger partial charge in [0.05, 0.1) is 7.11 Å². The van der Waals surface area contributed by atoms with Crippen LogP contribution in [0.25, 0.3) is 0 Å². The van der Waals surface area contributed by atoms with E-state index in [1.165, 1.54) is 10.9 Å². The summed E-state index contributed by atoms with van der Waals surface area (Å²) in [7, 11) is 3.56. The molecule has 5 heteroatoms. The second kappa shape index (κ2) is 6.50. The molecular formula is C14H15BrFNOS. The Kier molecular flexibility index (Phi) is 4.96. The highest BCUT2D eigenvalue weighted by molar-refractivity contribution is 9.10. The number of hydrogen-bond donors (Lipinski definition) is 1. The average Bonchev–Trinajstić information content (AvgIpc) is 2.88. The largest absolute Gasteiger partial charge is 0.496 e. The zero-order valence-electron chi connectivity index (χ0n) is 10.7. The van der Waals surface area contributed by atoms with E-state index in [1.807, 2.05) is 18.5 Å². The average molecular weight is 344 g/mol. The maximum Gasteiger partial charge on any atom is 0.129 e. The van der Waals surface area contributed by atoms with Gasteiger partial charge in [0.15, 0.2) is 0 Å². The zero-order valence-corrected chi connectivity index (χ0v) is 13.1. The summed E-state index contributed by atoms with van der Waals surface area (Å²) in [6.45, 7) is 0. The van der Waals surface area contributed by atoms with Gasteiger partial charge < -0.3 is 10.1 Å². The van der Waals surface area contributed by atoms with Gasteiger partial charge in [-0.15, -0.1) is 11.3 Å². The number of benzene rings is 1. The van der Waals surface area contributed by atoms with E-state index in [1.54, 1.807) is 30.6 Å². The topological polar surface area (TPSA) is 21.3 Å². The van der Waals surface area contributed by atoms with Crippen LogP contribution in [0, 0.1) is 5.82 Å². The molecule has 102 valence electrons. The lowest BCUT2D eigenvalue weighted by molar-refractivity contribution is 0.416. The van der Waals surface area contributed by atoms with Gasteiger partial charge in [-0.2, -0.15) is 0 Å². The van der Waals surface area contributed by atoms with E-state index in [-0.39, 0.29) is 11.9 Å². The minimum atomic E-state index is -0.211. The molecule has 2 aromatic rings. The molecule has 1 atom stereocenters. The molecule has 2 rings (SSSR count). The molecule has 0 aliphatic heterocycles. The van der Waals surface area contributed by atoms with Gasteiger partial charge in [-0.3, -0.25) is 0 Å². The second-order valence-corrected chi connectivity index (χ2v) is 5.97. The van der Waals surface area contributed by atoms with E-state index in [0.717, 1.165) is 22.2 Å². The van der Waals surface area contributed by atoms with E-state index < -0.39 is 0 Å². The van der Waals surface area contributed by atoms with Crippen LogP contribution in [0.1, 0.15) is 16.5 Å². The van der Waals surface area contributed by atoms with Crippen molar-refractivity contribution in [1.29, 1.82) is 0 Å². The fraction of sp³-hybridized carbons (Fsp3) is 0.286. The molecule has 1 aromatic carbocycles. The summed E-state index contributed by atoms with van der Waals surface area (Å²) in [6, 6.07) is 6.92. The van der Waals surface area contributed by atoms with Gasteiger partial charge in [-0.05, 0) is 43.3 Å². The molecule has 19 heavy (non-hydrogen) atoms. The van der Waals surface area contributed by atoms with Crippen LogP contribution in [0.4, 0.5) is 4.39 Å². The number of hydrogen-bond acceptors (Lipinski definition) is 3. The number of likely N-dealkylation sites (N-methyl/N-ethyl adjacent to an activating group) is 1.